The van der Waals surface area contributed by atoms with E-state index < -0.39 is 28.8 Å². The molecule has 0 spiro atoms. The van der Waals surface area contributed by atoms with Gasteiger partial charge in [-0.05, 0) is 56.3 Å². The SMILES string of the molecule is CCN1CCN(c2ccc(NC(=O)c3nn(-c4ccccc4C(F)(F)F)c(C)cc3=O)c(C)c2)CC1. The van der Waals surface area contributed by atoms with Crippen molar-refractivity contribution in [2.24, 2.45) is 0 Å². The van der Waals surface area contributed by atoms with Crippen LogP contribution in [0.4, 0.5) is 24.5 Å². The first kappa shape index (κ1) is 25.4. The second kappa shape index (κ2) is 10.1. The first-order valence-corrected chi connectivity index (χ1v) is 11.8. The Hall–Kier alpha value is -3.66. The van der Waals surface area contributed by atoms with Gasteiger partial charge in [0.1, 0.15) is 0 Å². The molecular weight excluding hydrogens is 471 g/mol. The summed E-state index contributed by atoms with van der Waals surface area (Å²) in [6.07, 6.45) is -4.63. The molecule has 36 heavy (non-hydrogen) atoms. The summed E-state index contributed by atoms with van der Waals surface area (Å²) in [5, 5.41) is 6.72. The normalized spacial score (nSPS) is 14.7. The monoisotopic (exact) mass is 499 g/mol. The van der Waals surface area contributed by atoms with Crippen molar-refractivity contribution < 1.29 is 18.0 Å². The molecule has 0 atom stereocenters. The van der Waals surface area contributed by atoms with E-state index in [1.54, 1.807) is 6.07 Å². The van der Waals surface area contributed by atoms with Crippen LogP contribution in [-0.2, 0) is 6.18 Å². The van der Waals surface area contributed by atoms with E-state index in [1.165, 1.54) is 25.1 Å². The van der Waals surface area contributed by atoms with Crippen molar-refractivity contribution in [2.45, 2.75) is 26.9 Å². The highest BCUT2D eigenvalue weighted by molar-refractivity contribution is 6.03. The molecule has 0 radical (unpaired) electrons. The molecule has 3 aromatic rings. The summed E-state index contributed by atoms with van der Waals surface area (Å²) >= 11 is 0. The third-order valence-corrected chi connectivity index (χ3v) is 6.40. The number of halogens is 3. The van der Waals surface area contributed by atoms with Crippen LogP contribution in [0.5, 0.6) is 0 Å². The van der Waals surface area contributed by atoms with Gasteiger partial charge in [0.15, 0.2) is 5.69 Å². The maximum Gasteiger partial charge on any atom is 0.418 e. The number of hydrogen-bond acceptors (Lipinski definition) is 5. The zero-order valence-corrected chi connectivity index (χ0v) is 20.4. The van der Waals surface area contributed by atoms with E-state index in [0.717, 1.165) is 60.8 Å². The van der Waals surface area contributed by atoms with E-state index in [4.69, 9.17) is 0 Å². The first-order chi connectivity index (χ1) is 17.1. The summed E-state index contributed by atoms with van der Waals surface area (Å²) in [7, 11) is 0. The lowest BCUT2D eigenvalue weighted by Gasteiger charge is -2.35. The van der Waals surface area contributed by atoms with Gasteiger partial charge in [0.05, 0.1) is 11.3 Å². The van der Waals surface area contributed by atoms with E-state index in [1.807, 2.05) is 19.1 Å². The van der Waals surface area contributed by atoms with E-state index in [9.17, 15) is 22.8 Å². The third kappa shape index (κ3) is 5.28. The summed E-state index contributed by atoms with van der Waals surface area (Å²) in [5.74, 6) is -0.786. The highest BCUT2D eigenvalue weighted by atomic mass is 19.4. The Labute approximate surface area is 207 Å². The van der Waals surface area contributed by atoms with Crippen molar-refractivity contribution in [3.63, 3.8) is 0 Å². The first-order valence-electron chi connectivity index (χ1n) is 11.8. The number of nitrogens with zero attached hydrogens (tertiary/aromatic N) is 4. The Morgan fingerprint density at radius 1 is 1.03 bits per heavy atom. The second-order valence-electron chi connectivity index (χ2n) is 8.80. The van der Waals surface area contributed by atoms with Crippen LogP contribution in [0.15, 0.2) is 53.3 Å². The van der Waals surface area contributed by atoms with Gasteiger partial charge in [0.25, 0.3) is 5.91 Å². The van der Waals surface area contributed by atoms with Crippen LogP contribution in [0.1, 0.15) is 34.2 Å². The highest BCUT2D eigenvalue weighted by Gasteiger charge is 2.34. The number of alkyl halides is 3. The molecule has 190 valence electrons. The minimum Gasteiger partial charge on any atom is -0.369 e. The summed E-state index contributed by atoms with van der Waals surface area (Å²) < 4.78 is 41.6. The van der Waals surface area contributed by atoms with Crippen LogP contribution < -0.4 is 15.6 Å². The number of rotatable bonds is 5. The number of carbonyl (C=O) groups excluding carboxylic acids is 1. The Balaban J connectivity index is 1.60. The summed E-state index contributed by atoms with van der Waals surface area (Å²) in [6.45, 7) is 10.3. The number of piperazine rings is 1. The van der Waals surface area contributed by atoms with Crippen molar-refractivity contribution in [1.29, 1.82) is 0 Å². The number of amides is 1. The van der Waals surface area contributed by atoms with Gasteiger partial charge in [-0.3, -0.25) is 9.59 Å². The molecule has 0 saturated carbocycles. The minimum absolute atomic E-state index is 0.178. The van der Waals surface area contributed by atoms with Gasteiger partial charge in [-0.15, -0.1) is 0 Å². The van der Waals surface area contributed by atoms with Crippen molar-refractivity contribution >= 4 is 17.3 Å². The van der Waals surface area contributed by atoms with Crippen LogP contribution in [-0.4, -0.2) is 53.3 Å². The smallest absolute Gasteiger partial charge is 0.369 e. The molecule has 7 nitrogen and oxygen atoms in total. The van der Waals surface area contributed by atoms with E-state index >= 15 is 0 Å². The van der Waals surface area contributed by atoms with Crippen LogP contribution in [0.2, 0.25) is 0 Å². The minimum atomic E-state index is -4.63. The fourth-order valence-electron chi connectivity index (χ4n) is 4.34. The Morgan fingerprint density at radius 2 is 1.72 bits per heavy atom. The van der Waals surface area contributed by atoms with Gasteiger partial charge in [0.2, 0.25) is 5.43 Å². The fourth-order valence-corrected chi connectivity index (χ4v) is 4.34. The largest absolute Gasteiger partial charge is 0.418 e. The highest BCUT2D eigenvalue weighted by Crippen LogP contribution is 2.33. The number of aryl methyl sites for hydroxylation is 2. The van der Waals surface area contributed by atoms with Crippen molar-refractivity contribution in [1.82, 2.24) is 14.7 Å². The molecule has 0 aliphatic carbocycles. The fraction of sp³-hybridized carbons (Fsp3) is 0.346. The Bertz CT molecular complexity index is 1330. The molecule has 1 aliphatic heterocycles. The number of benzene rings is 2. The maximum absolute atomic E-state index is 13.6. The molecule has 2 heterocycles. The summed E-state index contributed by atoms with van der Waals surface area (Å²) in [6, 6.07) is 11.6. The zero-order chi connectivity index (χ0) is 26.0. The van der Waals surface area contributed by atoms with Crippen LogP contribution >= 0.6 is 0 Å². The lowest BCUT2D eigenvalue weighted by atomic mass is 10.1. The van der Waals surface area contributed by atoms with Crippen LogP contribution in [0.25, 0.3) is 5.69 Å². The quantitative estimate of drug-likeness (QED) is 0.568. The van der Waals surface area contributed by atoms with Gasteiger partial charge in [-0.1, -0.05) is 19.1 Å². The van der Waals surface area contributed by atoms with E-state index in [2.05, 4.69) is 27.1 Å². The number of nitrogens with one attached hydrogen (secondary N) is 1. The number of hydrogen-bond donors (Lipinski definition) is 1. The van der Waals surface area contributed by atoms with E-state index in [-0.39, 0.29) is 11.4 Å². The number of aromatic nitrogens is 2. The Morgan fingerprint density at radius 3 is 2.36 bits per heavy atom. The number of para-hydroxylation sites is 1. The summed E-state index contributed by atoms with van der Waals surface area (Å²) in [4.78, 5) is 30.2. The molecule has 1 amide bonds. The van der Waals surface area contributed by atoms with Gasteiger partial charge in [-0.25, -0.2) is 4.68 Å². The average Bonchev–Trinajstić information content (AvgIpc) is 2.85. The van der Waals surface area contributed by atoms with Gasteiger partial charge in [-0.2, -0.15) is 18.3 Å². The van der Waals surface area contributed by atoms with Crippen LogP contribution in [0, 0.1) is 13.8 Å². The molecule has 0 unspecified atom stereocenters. The molecule has 10 heteroatoms. The van der Waals surface area contributed by atoms with Crippen LogP contribution in [0.3, 0.4) is 0 Å². The summed E-state index contributed by atoms with van der Waals surface area (Å²) in [5.41, 5.74) is 0.180. The lowest BCUT2D eigenvalue weighted by Crippen LogP contribution is -2.46. The predicted octanol–water partition coefficient (Wildman–Crippen LogP) is 4.26. The molecule has 1 N–H and O–H groups in total. The molecule has 4 rings (SSSR count). The van der Waals surface area contributed by atoms with Crippen molar-refractivity contribution in [3.8, 4) is 5.69 Å². The molecule has 1 aliphatic rings. The molecule has 1 aromatic heterocycles. The lowest BCUT2D eigenvalue weighted by molar-refractivity contribution is -0.137. The standard InChI is InChI=1S/C26H28F3N5O2/c1-4-32-11-13-33(14-12-32)19-9-10-21(17(2)15-19)30-25(36)24-23(35)16-18(3)34(31-24)22-8-6-5-7-20(22)26(27,28)29/h5-10,15-16H,4,11-14H2,1-3H3,(H,30,36). The number of anilines is 2. The zero-order valence-electron chi connectivity index (χ0n) is 20.4. The number of likely N-dealkylation sites (N-methyl/N-ethyl adjacent to an activating group) is 1. The van der Waals surface area contributed by atoms with Crippen molar-refractivity contribution in [2.75, 3.05) is 42.9 Å². The van der Waals surface area contributed by atoms with Gasteiger partial charge >= 0.3 is 6.18 Å². The topological polar surface area (TPSA) is 70.5 Å². The molecule has 1 fully saturated rings. The molecule has 0 bridgehead atoms. The third-order valence-electron chi connectivity index (χ3n) is 6.40. The maximum atomic E-state index is 13.6. The van der Waals surface area contributed by atoms with E-state index in [0.29, 0.717) is 5.69 Å². The van der Waals surface area contributed by atoms with Gasteiger partial charge < -0.3 is 15.1 Å². The molecule has 1 saturated heterocycles. The predicted molar refractivity (Wildman–Crippen MR) is 133 cm³/mol. The Kier molecular flexibility index (Phi) is 7.16. The molecular formula is C26H28F3N5O2. The van der Waals surface area contributed by atoms with Crippen molar-refractivity contribution in [3.05, 3.63) is 81.3 Å². The second-order valence-corrected chi connectivity index (χ2v) is 8.80. The average molecular weight is 500 g/mol. The van der Waals surface area contributed by atoms with Gasteiger partial charge in [0, 0.05) is 49.3 Å². The molecule has 2 aromatic carbocycles. The number of carbonyl (C=O) groups is 1.